The van der Waals surface area contributed by atoms with Gasteiger partial charge >= 0.3 is 5.97 Å². The van der Waals surface area contributed by atoms with Gasteiger partial charge in [-0.2, -0.15) is 0 Å². The summed E-state index contributed by atoms with van der Waals surface area (Å²) >= 11 is 0. The van der Waals surface area contributed by atoms with Crippen LogP contribution in [0.4, 0.5) is 10.1 Å². The quantitative estimate of drug-likeness (QED) is 0.939. The lowest BCUT2D eigenvalue weighted by molar-refractivity contribution is 0.0696. The molecule has 2 rings (SSSR count). The molecule has 1 aromatic heterocycles. The maximum atomic E-state index is 13.2. The van der Waals surface area contributed by atoms with E-state index in [-0.39, 0.29) is 11.4 Å². The fourth-order valence-electron chi connectivity index (χ4n) is 2.37. The molecule has 5 heteroatoms. The molecular weight excluding hydrogens is 271 g/mol. The minimum atomic E-state index is -1.01. The predicted octanol–water partition coefficient (Wildman–Crippen LogP) is 3.17. The van der Waals surface area contributed by atoms with Crippen LogP contribution in [0.15, 0.2) is 30.3 Å². The van der Waals surface area contributed by atoms with E-state index in [0.717, 1.165) is 11.3 Å². The monoisotopic (exact) mass is 288 g/mol. The van der Waals surface area contributed by atoms with Crippen LogP contribution < -0.4 is 4.90 Å². The number of aryl methyl sites for hydroxylation is 2. The molecule has 1 N–H and O–H groups in total. The lowest BCUT2D eigenvalue weighted by atomic mass is 10.1. The molecule has 0 aliphatic heterocycles. The van der Waals surface area contributed by atoms with E-state index in [1.165, 1.54) is 12.1 Å². The van der Waals surface area contributed by atoms with Crippen LogP contribution in [-0.2, 0) is 6.54 Å². The van der Waals surface area contributed by atoms with Crippen molar-refractivity contribution in [2.75, 3.05) is 11.9 Å². The Balaban J connectivity index is 2.39. The third kappa shape index (κ3) is 3.37. The maximum Gasteiger partial charge on any atom is 0.339 e. The summed E-state index contributed by atoms with van der Waals surface area (Å²) in [5.74, 6) is -1.32. The SMILES string of the molecule is Cc1cc(N(C)Cc2cccc(F)c2)c(C(=O)O)c(C)n1. The van der Waals surface area contributed by atoms with Crippen molar-refractivity contribution in [3.8, 4) is 0 Å². The molecule has 0 saturated heterocycles. The Bertz CT molecular complexity index is 686. The van der Waals surface area contributed by atoms with Crippen LogP contribution in [0.25, 0.3) is 0 Å². The zero-order chi connectivity index (χ0) is 15.6. The van der Waals surface area contributed by atoms with Gasteiger partial charge in [0.25, 0.3) is 0 Å². The number of anilines is 1. The standard InChI is InChI=1S/C16H17FN2O2/c1-10-7-14(15(16(20)21)11(2)18-10)19(3)9-12-5-4-6-13(17)8-12/h4-8H,9H2,1-3H3,(H,20,21). The molecule has 21 heavy (non-hydrogen) atoms. The van der Waals surface area contributed by atoms with Crippen LogP contribution in [0.5, 0.6) is 0 Å². The smallest absolute Gasteiger partial charge is 0.339 e. The van der Waals surface area contributed by atoms with E-state index in [1.54, 1.807) is 37.1 Å². The van der Waals surface area contributed by atoms with E-state index < -0.39 is 5.97 Å². The largest absolute Gasteiger partial charge is 0.478 e. The van der Waals surface area contributed by atoms with Crippen LogP contribution in [0.3, 0.4) is 0 Å². The fraction of sp³-hybridized carbons (Fsp3) is 0.250. The molecule has 0 spiro atoms. The summed E-state index contributed by atoms with van der Waals surface area (Å²) in [5.41, 5.74) is 2.76. The molecule has 4 nitrogen and oxygen atoms in total. The first-order valence-corrected chi connectivity index (χ1v) is 6.55. The second-order valence-electron chi connectivity index (χ2n) is 5.03. The Hall–Kier alpha value is -2.43. The summed E-state index contributed by atoms with van der Waals surface area (Å²) < 4.78 is 13.2. The van der Waals surface area contributed by atoms with Gasteiger partial charge in [-0.1, -0.05) is 12.1 Å². The molecule has 0 aliphatic rings. The first-order chi connectivity index (χ1) is 9.88. The second-order valence-corrected chi connectivity index (χ2v) is 5.03. The van der Waals surface area contributed by atoms with Gasteiger partial charge in [0.2, 0.25) is 0 Å². The van der Waals surface area contributed by atoms with Crippen molar-refractivity contribution in [3.05, 3.63) is 58.7 Å². The topological polar surface area (TPSA) is 53.4 Å². The summed E-state index contributed by atoms with van der Waals surface area (Å²) in [6.45, 7) is 3.91. The molecule has 0 bridgehead atoms. The van der Waals surface area contributed by atoms with Crippen LogP contribution in [-0.4, -0.2) is 23.1 Å². The van der Waals surface area contributed by atoms with E-state index in [2.05, 4.69) is 4.98 Å². The van der Waals surface area contributed by atoms with Gasteiger partial charge in [0.05, 0.1) is 11.4 Å². The highest BCUT2D eigenvalue weighted by molar-refractivity contribution is 5.95. The average molecular weight is 288 g/mol. The number of carboxylic acids is 1. The normalized spacial score (nSPS) is 10.5. The van der Waals surface area contributed by atoms with Gasteiger partial charge in [0.15, 0.2) is 0 Å². The first kappa shape index (κ1) is 15.0. The molecule has 110 valence electrons. The van der Waals surface area contributed by atoms with E-state index >= 15 is 0 Å². The van der Waals surface area contributed by atoms with Gasteiger partial charge < -0.3 is 10.0 Å². The van der Waals surface area contributed by atoms with E-state index in [0.29, 0.717) is 17.9 Å². The molecule has 0 fully saturated rings. The highest BCUT2D eigenvalue weighted by Gasteiger charge is 2.18. The minimum Gasteiger partial charge on any atom is -0.478 e. The fourth-order valence-corrected chi connectivity index (χ4v) is 2.37. The number of nitrogens with zero attached hydrogens (tertiary/aromatic N) is 2. The van der Waals surface area contributed by atoms with Crippen molar-refractivity contribution in [2.24, 2.45) is 0 Å². The molecule has 2 aromatic rings. The highest BCUT2D eigenvalue weighted by Crippen LogP contribution is 2.24. The molecular formula is C16H17FN2O2. The van der Waals surface area contributed by atoms with Gasteiger partial charge in [0, 0.05) is 19.3 Å². The zero-order valence-corrected chi connectivity index (χ0v) is 12.2. The van der Waals surface area contributed by atoms with Crippen molar-refractivity contribution in [1.82, 2.24) is 4.98 Å². The molecule has 0 unspecified atom stereocenters. The van der Waals surface area contributed by atoms with E-state index in [4.69, 9.17) is 0 Å². The lowest BCUT2D eigenvalue weighted by Crippen LogP contribution is -2.21. The van der Waals surface area contributed by atoms with Crippen molar-refractivity contribution >= 4 is 11.7 Å². The van der Waals surface area contributed by atoms with Gasteiger partial charge in [-0.3, -0.25) is 4.98 Å². The van der Waals surface area contributed by atoms with Crippen molar-refractivity contribution in [2.45, 2.75) is 20.4 Å². The van der Waals surface area contributed by atoms with Crippen LogP contribution >= 0.6 is 0 Å². The summed E-state index contributed by atoms with van der Waals surface area (Å²) in [7, 11) is 1.78. The molecule has 0 amide bonds. The zero-order valence-electron chi connectivity index (χ0n) is 12.2. The summed E-state index contributed by atoms with van der Waals surface area (Å²) in [6, 6.07) is 8.00. The van der Waals surface area contributed by atoms with Gasteiger partial charge in [-0.25, -0.2) is 9.18 Å². The number of carbonyl (C=O) groups is 1. The Labute approximate surface area is 122 Å². The number of pyridine rings is 1. The third-order valence-corrected chi connectivity index (χ3v) is 3.24. The van der Waals surface area contributed by atoms with Crippen LogP contribution in [0.1, 0.15) is 27.3 Å². The lowest BCUT2D eigenvalue weighted by Gasteiger charge is -2.22. The molecule has 1 heterocycles. The predicted molar refractivity (Wildman–Crippen MR) is 79.2 cm³/mol. The number of hydrogen-bond donors (Lipinski definition) is 1. The third-order valence-electron chi connectivity index (χ3n) is 3.24. The minimum absolute atomic E-state index is 0.180. The summed E-state index contributed by atoms with van der Waals surface area (Å²) in [5, 5.41) is 9.37. The number of halogens is 1. The van der Waals surface area contributed by atoms with Crippen LogP contribution in [0, 0.1) is 19.7 Å². The van der Waals surface area contributed by atoms with E-state index in [1.807, 2.05) is 6.92 Å². The first-order valence-electron chi connectivity index (χ1n) is 6.55. The van der Waals surface area contributed by atoms with E-state index in [9.17, 15) is 14.3 Å². The molecule has 0 aliphatic carbocycles. The highest BCUT2D eigenvalue weighted by atomic mass is 19.1. The number of aromatic carboxylic acids is 1. The number of carboxylic acid groups (broad SMARTS) is 1. The van der Waals surface area contributed by atoms with Gasteiger partial charge in [0.1, 0.15) is 11.4 Å². The molecule has 0 radical (unpaired) electrons. The van der Waals surface area contributed by atoms with Gasteiger partial charge in [-0.15, -0.1) is 0 Å². The van der Waals surface area contributed by atoms with Gasteiger partial charge in [-0.05, 0) is 37.6 Å². The number of benzene rings is 1. The number of aromatic nitrogens is 1. The number of hydrogen-bond acceptors (Lipinski definition) is 3. The Morgan fingerprint density at radius 1 is 1.33 bits per heavy atom. The molecule has 0 atom stereocenters. The molecule has 0 saturated carbocycles. The second kappa shape index (κ2) is 5.91. The summed E-state index contributed by atoms with van der Waals surface area (Å²) in [4.78, 5) is 17.4. The Morgan fingerprint density at radius 3 is 2.67 bits per heavy atom. The summed E-state index contributed by atoms with van der Waals surface area (Å²) in [6.07, 6.45) is 0. The van der Waals surface area contributed by atoms with Crippen molar-refractivity contribution in [3.63, 3.8) is 0 Å². The number of rotatable bonds is 4. The van der Waals surface area contributed by atoms with Crippen LogP contribution in [0.2, 0.25) is 0 Å². The van der Waals surface area contributed by atoms with Crippen molar-refractivity contribution < 1.29 is 14.3 Å². The average Bonchev–Trinajstić information content (AvgIpc) is 2.37. The van der Waals surface area contributed by atoms with Crippen molar-refractivity contribution in [1.29, 1.82) is 0 Å². The maximum absolute atomic E-state index is 13.2. The Kier molecular flexibility index (Phi) is 4.21. The Morgan fingerprint density at radius 2 is 2.05 bits per heavy atom. The molecule has 1 aromatic carbocycles.